The highest BCUT2D eigenvalue weighted by atomic mass is 19.1. The van der Waals surface area contributed by atoms with Crippen LogP contribution in [0.4, 0.5) is 8.78 Å². The zero-order valence-electron chi connectivity index (χ0n) is 13.3. The molecule has 2 aromatic rings. The number of halogens is 2. The van der Waals surface area contributed by atoms with Crippen LogP contribution in [-0.4, -0.2) is 39.3 Å². The second-order valence-electron chi connectivity index (χ2n) is 5.65. The van der Waals surface area contributed by atoms with E-state index >= 15 is 0 Å². The van der Waals surface area contributed by atoms with E-state index in [9.17, 15) is 18.7 Å². The average molecular weight is 337 g/mol. The van der Waals surface area contributed by atoms with E-state index in [4.69, 9.17) is 4.74 Å². The van der Waals surface area contributed by atoms with Crippen molar-refractivity contribution >= 4 is 5.91 Å². The first-order chi connectivity index (χ1) is 11.4. The molecule has 6 nitrogen and oxygen atoms in total. The van der Waals surface area contributed by atoms with Gasteiger partial charge in [0.05, 0.1) is 37.7 Å². The van der Waals surface area contributed by atoms with Gasteiger partial charge in [0.25, 0.3) is 5.91 Å². The minimum absolute atomic E-state index is 0.0137. The fourth-order valence-corrected chi connectivity index (χ4v) is 2.70. The van der Waals surface area contributed by atoms with E-state index in [1.165, 1.54) is 12.0 Å². The molecule has 1 aliphatic heterocycles. The average Bonchev–Trinajstić information content (AvgIpc) is 2.97. The lowest BCUT2D eigenvalue weighted by Gasteiger charge is -2.28. The van der Waals surface area contributed by atoms with Gasteiger partial charge in [0.1, 0.15) is 22.9 Å². The first kappa shape index (κ1) is 16.4. The smallest absolute Gasteiger partial charge is 0.260 e. The number of hydrogen-bond donors (Lipinski definition) is 1. The number of rotatable bonds is 3. The molecule has 24 heavy (non-hydrogen) atoms. The van der Waals surface area contributed by atoms with Crippen LogP contribution in [0.2, 0.25) is 0 Å². The molecule has 0 saturated carbocycles. The third kappa shape index (κ3) is 2.84. The first-order valence-corrected chi connectivity index (χ1v) is 7.47. The third-order valence-electron chi connectivity index (χ3n) is 4.00. The van der Waals surface area contributed by atoms with E-state index in [-0.39, 0.29) is 18.8 Å². The Morgan fingerprint density at radius 2 is 1.96 bits per heavy atom. The number of carbonyl (C=O) groups excluding carboxylic acids is 1. The van der Waals surface area contributed by atoms with Crippen molar-refractivity contribution in [1.82, 2.24) is 14.7 Å². The van der Waals surface area contributed by atoms with Crippen LogP contribution in [0.1, 0.15) is 34.8 Å². The monoisotopic (exact) mass is 337 g/mol. The van der Waals surface area contributed by atoms with Crippen molar-refractivity contribution in [3.05, 3.63) is 46.8 Å². The van der Waals surface area contributed by atoms with Crippen molar-refractivity contribution in [3.63, 3.8) is 0 Å². The number of fused-ring (bicyclic) bond motifs is 1. The molecule has 0 saturated heterocycles. The van der Waals surface area contributed by atoms with Gasteiger partial charge in [-0.1, -0.05) is 0 Å². The van der Waals surface area contributed by atoms with Crippen molar-refractivity contribution in [2.75, 3.05) is 13.7 Å². The van der Waals surface area contributed by atoms with E-state index in [0.29, 0.717) is 17.9 Å². The number of methoxy groups -OCH3 is 1. The summed E-state index contributed by atoms with van der Waals surface area (Å²) in [6.07, 6.45) is -0.719. The van der Waals surface area contributed by atoms with Crippen LogP contribution in [0.25, 0.3) is 0 Å². The second-order valence-corrected chi connectivity index (χ2v) is 5.65. The van der Waals surface area contributed by atoms with Gasteiger partial charge in [-0.3, -0.25) is 9.48 Å². The van der Waals surface area contributed by atoms with E-state index in [1.807, 2.05) is 0 Å². The molecule has 0 aliphatic carbocycles. The number of aromatic nitrogens is 2. The molecule has 1 aromatic heterocycles. The number of aliphatic hydroxyl groups is 1. The van der Waals surface area contributed by atoms with E-state index in [2.05, 4.69) is 5.10 Å². The Labute approximate surface area is 137 Å². The lowest BCUT2D eigenvalue weighted by atomic mass is 10.1. The summed E-state index contributed by atoms with van der Waals surface area (Å²) in [7, 11) is 1.29. The van der Waals surface area contributed by atoms with Gasteiger partial charge >= 0.3 is 0 Å². The Balaban J connectivity index is 1.86. The predicted molar refractivity (Wildman–Crippen MR) is 80.5 cm³/mol. The highest BCUT2D eigenvalue weighted by Gasteiger charge is 2.28. The maximum Gasteiger partial charge on any atom is 0.260 e. The molecule has 0 unspecified atom stereocenters. The molecule has 0 bridgehead atoms. The van der Waals surface area contributed by atoms with Crippen LogP contribution in [0, 0.1) is 11.6 Å². The number of hydrogen-bond acceptors (Lipinski definition) is 4. The zero-order valence-corrected chi connectivity index (χ0v) is 13.3. The molecule has 0 fully saturated rings. The van der Waals surface area contributed by atoms with Gasteiger partial charge in [-0.2, -0.15) is 5.10 Å². The summed E-state index contributed by atoms with van der Waals surface area (Å²) >= 11 is 0. The summed E-state index contributed by atoms with van der Waals surface area (Å²) in [4.78, 5) is 13.9. The van der Waals surface area contributed by atoms with Crippen LogP contribution in [0.5, 0.6) is 5.75 Å². The molecule has 1 aromatic carbocycles. The number of carbonyl (C=O) groups is 1. The summed E-state index contributed by atoms with van der Waals surface area (Å²) in [6, 6.07) is 3.65. The molecule has 1 aliphatic rings. The molecule has 1 atom stereocenters. The number of benzene rings is 1. The first-order valence-electron chi connectivity index (χ1n) is 7.47. The predicted octanol–water partition coefficient (Wildman–Crippen LogP) is 1.88. The number of nitrogens with zero attached hydrogens (tertiary/aromatic N) is 3. The van der Waals surface area contributed by atoms with E-state index < -0.39 is 29.2 Å². The fraction of sp³-hybridized carbons (Fsp3) is 0.375. The van der Waals surface area contributed by atoms with Crippen LogP contribution in [-0.2, 0) is 13.1 Å². The van der Waals surface area contributed by atoms with Gasteiger partial charge in [0, 0.05) is 18.7 Å². The van der Waals surface area contributed by atoms with Crippen molar-refractivity contribution in [1.29, 1.82) is 0 Å². The summed E-state index contributed by atoms with van der Waals surface area (Å²) < 4.78 is 34.7. The van der Waals surface area contributed by atoms with Crippen LogP contribution in [0.3, 0.4) is 0 Å². The Hall–Kier alpha value is -2.48. The molecule has 1 N–H and O–H groups in total. The minimum atomic E-state index is -0.958. The molecule has 0 radical (unpaired) electrons. The Morgan fingerprint density at radius 1 is 1.29 bits per heavy atom. The van der Waals surface area contributed by atoms with Crippen LogP contribution in [0.15, 0.2) is 18.2 Å². The summed E-state index contributed by atoms with van der Waals surface area (Å²) in [5.74, 6) is -2.63. The van der Waals surface area contributed by atoms with Crippen molar-refractivity contribution in [2.24, 2.45) is 0 Å². The second kappa shape index (κ2) is 6.20. The summed E-state index contributed by atoms with van der Waals surface area (Å²) in [5, 5.41) is 13.8. The highest BCUT2D eigenvalue weighted by Crippen LogP contribution is 2.24. The molecule has 128 valence electrons. The van der Waals surface area contributed by atoms with Gasteiger partial charge in [-0.25, -0.2) is 8.78 Å². The molecular formula is C16H17F2N3O3. The lowest BCUT2D eigenvalue weighted by Crippen LogP contribution is -2.39. The zero-order chi connectivity index (χ0) is 17.4. The van der Waals surface area contributed by atoms with Crippen LogP contribution >= 0.6 is 0 Å². The minimum Gasteiger partial charge on any atom is -0.497 e. The van der Waals surface area contributed by atoms with Crippen molar-refractivity contribution < 1.29 is 23.4 Å². The maximum absolute atomic E-state index is 14.1. The normalized spacial score (nSPS) is 15.1. The quantitative estimate of drug-likeness (QED) is 0.929. The molecular weight excluding hydrogens is 320 g/mol. The third-order valence-corrected chi connectivity index (χ3v) is 4.00. The Bertz CT molecular complexity index is 766. The van der Waals surface area contributed by atoms with Crippen molar-refractivity contribution in [2.45, 2.75) is 26.1 Å². The van der Waals surface area contributed by atoms with Gasteiger partial charge in [-0.15, -0.1) is 0 Å². The molecule has 1 amide bonds. The Morgan fingerprint density at radius 3 is 2.54 bits per heavy atom. The van der Waals surface area contributed by atoms with Crippen LogP contribution < -0.4 is 4.74 Å². The fourth-order valence-electron chi connectivity index (χ4n) is 2.70. The van der Waals surface area contributed by atoms with Gasteiger partial charge in [0.15, 0.2) is 0 Å². The number of aliphatic hydroxyl groups excluding tert-OH is 1. The lowest BCUT2D eigenvalue weighted by molar-refractivity contribution is 0.0695. The van der Waals surface area contributed by atoms with Gasteiger partial charge in [-0.05, 0) is 13.0 Å². The highest BCUT2D eigenvalue weighted by molar-refractivity contribution is 5.95. The van der Waals surface area contributed by atoms with Crippen molar-refractivity contribution in [3.8, 4) is 5.75 Å². The molecule has 0 spiro atoms. The Kier molecular flexibility index (Phi) is 4.23. The largest absolute Gasteiger partial charge is 0.497 e. The maximum atomic E-state index is 14.1. The standard InChI is InChI=1S/C16H17F2N3O3/c1-9(22)14-5-10-8-20(3-4-21(10)19-14)16(23)15-12(17)6-11(24-2)7-13(15)18/h5-7,9,22H,3-4,8H2,1-2H3/t9-/m1/s1. The van der Waals surface area contributed by atoms with Gasteiger partial charge in [0.2, 0.25) is 0 Å². The number of amides is 1. The number of ether oxygens (including phenoxy) is 1. The summed E-state index contributed by atoms with van der Waals surface area (Å²) in [5.41, 5.74) is 0.612. The SMILES string of the molecule is COc1cc(F)c(C(=O)N2CCn3nc([C@@H](C)O)cc3C2)c(F)c1. The molecule has 3 rings (SSSR count). The summed E-state index contributed by atoms with van der Waals surface area (Å²) in [6.45, 7) is 2.44. The topological polar surface area (TPSA) is 67.6 Å². The van der Waals surface area contributed by atoms with E-state index in [0.717, 1.165) is 12.1 Å². The molecule has 8 heteroatoms. The molecule has 2 heterocycles. The van der Waals surface area contributed by atoms with E-state index in [1.54, 1.807) is 17.7 Å². The van der Waals surface area contributed by atoms with Gasteiger partial charge < -0.3 is 14.7 Å².